The largest absolute Gasteiger partial charge is 0.340 e. The first-order valence-electron chi connectivity index (χ1n) is 6.52. The van der Waals surface area contributed by atoms with Gasteiger partial charge >= 0.3 is 0 Å². The first-order valence-corrected chi connectivity index (χ1v) is 7.71. The van der Waals surface area contributed by atoms with Crippen molar-refractivity contribution < 1.29 is 9.59 Å². The number of hydrogen-bond acceptors (Lipinski definition) is 3. The minimum Gasteiger partial charge on any atom is -0.340 e. The molecule has 0 saturated heterocycles. The predicted octanol–water partition coefficient (Wildman–Crippen LogP) is 3.07. The molecule has 0 bridgehead atoms. The fourth-order valence-corrected chi connectivity index (χ4v) is 3.42. The third-order valence-electron chi connectivity index (χ3n) is 3.37. The van der Waals surface area contributed by atoms with Crippen LogP contribution < -0.4 is 10.2 Å². The normalized spacial score (nSPS) is 18.2. The lowest BCUT2D eigenvalue weighted by molar-refractivity contribution is -0.120. The van der Waals surface area contributed by atoms with Gasteiger partial charge in [-0.2, -0.15) is 0 Å². The topological polar surface area (TPSA) is 49.4 Å². The number of anilines is 1. The number of para-hydroxylation sites is 1. The van der Waals surface area contributed by atoms with Crippen molar-refractivity contribution in [2.75, 3.05) is 4.90 Å². The number of carbonyl (C=O) groups excluding carboxylic acids is 2. The minimum atomic E-state index is -0.555. The van der Waals surface area contributed by atoms with Crippen LogP contribution >= 0.6 is 22.9 Å². The van der Waals surface area contributed by atoms with Crippen LogP contribution in [0.25, 0.3) is 0 Å². The van der Waals surface area contributed by atoms with Crippen molar-refractivity contribution in [3.63, 3.8) is 0 Å². The van der Waals surface area contributed by atoms with Crippen molar-refractivity contribution in [3.8, 4) is 0 Å². The highest BCUT2D eigenvalue weighted by molar-refractivity contribution is 7.16. The summed E-state index contributed by atoms with van der Waals surface area (Å²) in [6.07, 6.45) is 0. The minimum absolute atomic E-state index is 0.127. The van der Waals surface area contributed by atoms with E-state index < -0.39 is 6.04 Å². The van der Waals surface area contributed by atoms with E-state index in [9.17, 15) is 9.59 Å². The lowest BCUT2D eigenvalue weighted by Gasteiger charge is -2.23. The Morgan fingerprint density at radius 2 is 2.00 bits per heavy atom. The van der Waals surface area contributed by atoms with Gasteiger partial charge in [0.05, 0.1) is 22.1 Å². The van der Waals surface area contributed by atoms with E-state index in [1.807, 2.05) is 18.2 Å². The van der Waals surface area contributed by atoms with Gasteiger partial charge in [-0.25, -0.2) is 0 Å². The number of nitrogens with one attached hydrogen (secondary N) is 1. The van der Waals surface area contributed by atoms with E-state index in [-0.39, 0.29) is 11.8 Å². The summed E-state index contributed by atoms with van der Waals surface area (Å²) in [6, 6.07) is 10.3. The quantitative estimate of drug-likeness (QED) is 0.924. The molecule has 1 unspecified atom stereocenters. The number of fused-ring (bicyclic) bond motifs is 1. The summed E-state index contributed by atoms with van der Waals surface area (Å²) in [4.78, 5) is 27.3. The summed E-state index contributed by atoms with van der Waals surface area (Å²) in [5, 5.41) is 2.72. The second-order valence-corrected chi connectivity index (χ2v) is 6.64. The lowest BCUT2D eigenvalue weighted by atomic mass is 10.1. The maximum Gasteiger partial charge on any atom is 0.254 e. The van der Waals surface area contributed by atoms with Crippen LogP contribution in [0.15, 0.2) is 36.4 Å². The van der Waals surface area contributed by atoms with Crippen LogP contribution in [0.3, 0.4) is 0 Å². The molecule has 2 amide bonds. The number of carbonyl (C=O) groups is 2. The third kappa shape index (κ3) is 2.66. The van der Waals surface area contributed by atoms with Gasteiger partial charge in [-0.15, -0.1) is 11.3 Å². The van der Waals surface area contributed by atoms with Crippen molar-refractivity contribution >= 4 is 40.4 Å². The molecule has 1 atom stereocenters. The molecule has 21 heavy (non-hydrogen) atoms. The maximum atomic E-state index is 12.5. The van der Waals surface area contributed by atoms with Gasteiger partial charge in [0.15, 0.2) is 0 Å². The van der Waals surface area contributed by atoms with E-state index in [0.717, 1.165) is 4.88 Å². The second kappa shape index (κ2) is 5.50. The van der Waals surface area contributed by atoms with Gasteiger partial charge in [0, 0.05) is 4.88 Å². The van der Waals surface area contributed by atoms with E-state index in [1.165, 1.54) is 11.3 Å². The van der Waals surface area contributed by atoms with E-state index in [1.54, 1.807) is 30.0 Å². The van der Waals surface area contributed by atoms with E-state index in [2.05, 4.69) is 5.32 Å². The number of benzene rings is 1. The molecule has 1 aromatic heterocycles. The highest BCUT2D eigenvalue weighted by Gasteiger charge is 2.31. The molecule has 0 aliphatic carbocycles. The van der Waals surface area contributed by atoms with Crippen LogP contribution in [0.5, 0.6) is 0 Å². The molecule has 1 aromatic carbocycles. The monoisotopic (exact) mass is 320 g/mol. The van der Waals surface area contributed by atoms with Gasteiger partial charge in [-0.1, -0.05) is 23.7 Å². The van der Waals surface area contributed by atoms with Crippen molar-refractivity contribution in [1.29, 1.82) is 0 Å². The Balaban J connectivity index is 2.04. The summed E-state index contributed by atoms with van der Waals surface area (Å²) in [7, 11) is 0. The molecule has 2 aromatic rings. The van der Waals surface area contributed by atoms with Crippen LogP contribution in [0.2, 0.25) is 4.34 Å². The molecular weight excluding hydrogens is 308 g/mol. The average Bonchev–Trinajstić information content (AvgIpc) is 2.85. The fraction of sp³-hybridized carbons (Fsp3) is 0.200. The Hall–Kier alpha value is -1.85. The smallest absolute Gasteiger partial charge is 0.254 e. The Bertz CT molecular complexity index is 713. The van der Waals surface area contributed by atoms with Gasteiger partial charge < -0.3 is 10.2 Å². The Kier molecular flexibility index (Phi) is 3.69. The number of amides is 2. The van der Waals surface area contributed by atoms with Crippen molar-refractivity contribution in [3.05, 3.63) is 51.2 Å². The zero-order valence-electron chi connectivity index (χ0n) is 11.3. The molecule has 0 saturated carbocycles. The van der Waals surface area contributed by atoms with E-state index in [4.69, 9.17) is 11.6 Å². The van der Waals surface area contributed by atoms with Gasteiger partial charge in [0.2, 0.25) is 5.91 Å². The Labute approximate surface area is 131 Å². The molecule has 108 valence electrons. The molecule has 1 aliphatic rings. The first kappa shape index (κ1) is 14.1. The van der Waals surface area contributed by atoms with E-state index in [0.29, 0.717) is 22.1 Å². The predicted molar refractivity (Wildman–Crippen MR) is 83.9 cm³/mol. The molecule has 1 N–H and O–H groups in total. The first-order chi connectivity index (χ1) is 10.1. The number of halogens is 1. The summed E-state index contributed by atoms with van der Waals surface area (Å²) in [6.45, 7) is 2.10. The molecule has 1 aliphatic heterocycles. The second-order valence-electron chi connectivity index (χ2n) is 4.84. The average molecular weight is 321 g/mol. The molecule has 0 radical (unpaired) electrons. The molecule has 4 nitrogen and oxygen atoms in total. The van der Waals surface area contributed by atoms with Crippen LogP contribution in [-0.2, 0) is 11.3 Å². The molecular formula is C15H13ClN2O2S. The van der Waals surface area contributed by atoms with Crippen LogP contribution in [0.1, 0.15) is 22.2 Å². The summed E-state index contributed by atoms with van der Waals surface area (Å²) in [5.41, 5.74) is 1.15. The molecule has 2 heterocycles. The highest BCUT2D eigenvalue weighted by Crippen LogP contribution is 2.29. The molecule has 0 fully saturated rings. The molecule has 3 rings (SSSR count). The fourth-order valence-electron chi connectivity index (χ4n) is 2.35. The number of nitrogens with zero attached hydrogens (tertiary/aromatic N) is 1. The number of hydrogen-bond donors (Lipinski definition) is 1. The molecule has 0 spiro atoms. The SMILES string of the molecule is CC1NC(=O)c2ccccc2N(Cc2ccc(Cl)s2)C1=O. The zero-order chi connectivity index (χ0) is 15.0. The van der Waals surface area contributed by atoms with Crippen molar-refractivity contribution in [2.24, 2.45) is 0 Å². The standard InChI is InChI=1S/C15H13ClN2O2S/c1-9-15(20)18(8-10-6-7-13(16)21-10)12-5-3-2-4-11(12)14(19)17-9/h2-7,9H,8H2,1H3,(H,17,19). The lowest BCUT2D eigenvalue weighted by Crippen LogP contribution is -2.43. The zero-order valence-corrected chi connectivity index (χ0v) is 12.9. The summed E-state index contributed by atoms with van der Waals surface area (Å²) < 4.78 is 0.683. The van der Waals surface area contributed by atoms with Gasteiger partial charge in [0.1, 0.15) is 6.04 Å². The Morgan fingerprint density at radius 3 is 2.71 bits per heavy atom. The number of rotatable bonds is 2. The van der Waals surface area contributed by atoms with Gasteiger partial charge in [-0.05, 0) is 31.2 Å². The van der Waals surface area contributed by atoms with Crippen LogP contribution in [0.4, 0.5) is 5.69 Å². The summed E-state index contributed by atoms with van der Waals surface area (Å²) >= 11 is 7.38. The van der Waals surface area contributed by atoms with E-state index >= 15 is 0 Å². The van der Waals surface area contributed by atoms with Crippen molar-refractivity contribution in [1.82, 2.24) is 5.32 Å². The molecule has 6 heteroatoms. The summed E-state index contributed by atoms with van der Waals surface area (Å²) in [5.74, 6) is -0.351. The van der Waals surface area contributed by atoms with Gasteiger partial charge in [0.25, 0.3) is 5.91 Å². The van der Waals surface area contributed by atoms with Crippen molar-refractivity contribution in [2.45, 2.75) is 19.5 Å². The third-order valence-corrected chi connectivity index (χ3v) is 4.58. The van der Waals surface area contributed by atoms with Gasteiger partial charge in [-0.3, -0.25) is 9.59 Å². The van der Waals surface area contributed by atoms with Crippen LogP contribution in [-0.4, -0.2) is 17.9 Å². The number of thiophene rings is 1. The highest BCUT2D eigenvalue weighted by atomic mass is 35.5. The Morgan fingerprint density at radius 1 is 1.24 bits per heavy atom. The van der Waals surface area contributed by atoms with Crippen LogP contribution in [0, 0.1) is 0 Å². The maximum absolute atomic E-state index is 12.5.